The highest BCUT2D eigenvalue weighted by Crippen LogP contribution is 2.17. The van der Waals surface area contributed by atoms with Crippen LogP contribution >= 0.6 is 0 Å². The summed E-state index contributed by atoms with van der Waals surface area (Å²) >= 11 is 0. The van der Waals surface area contributed by atoms with Crippen LogP contribution in [0.1, 0.15) is 277 Å². The molecule has 0 aromatic heterocycles. The summed E-state index contributed by atoms with van der Waals surface area (Å²) in [6.45, 7) is 4.37. The maximum Gasteiger partial charge on any atom is 0.220 e. The topological polar surface area (TPSA) is 69.6 Å². The van der Waals surface area contributed by atoms with Crippen LogP contribution in [-0.4, -0.2) is 34.9 Å². The van der Waals surface area contributed by atoms with Crippen LogP contribution in [0.3, 0.4) is 0 Å². The predicted molar refractivity (Wildman–Crippen MR) is 226 cm³/mol. The van der Waals surface area contributed by atoms with Crippen molar-refractivity contribution in [2.24, 2.45) is 0 Å². The molecule has 0 saturated heterocycles. The molecule has 0 aliphatic rings. The van der Waals surface area contributed by atoms with Gasteiger partial charge in [-0.1, -0.05) is 258 Å². The second kappa shape index (κ2) is 43.8. The zero-order valence-corrected chi connectivity index (χ0v) is 35.2. The maximum atomic E-state index is 12.4. The zero-order chi connectivity index (χ0) is 37.1. The van der Waals surface area contributed by atoms with Crippen LogP contribution in [0.2, 0.25) is 0 Å². The van der Waals surface area contributed by atoms with Gasteiger partial charge in [0, 0.05) is 6.42 Å². The van der Waals surface area contributed by atoms with Crippen molar-refractivity contribution in [1.29, 1.82) is 0 Å². The summed E-state index contributed by atoms with van der Waals surface area (Å²) in [5.41, 5.74) is 0. The number of unbranched alkanes of at least 4 members (excludes halogenated alkanes) is 37. The molecule has 1 amide bonds. The van der Waals surface area contributed by atoms with E-state index >= 15 is 0 Å². The molecule has 0 aliphatic carbocycles. The molecule has 51 heavy (non-hydrogen) atoms. The number of hydrogen-bond donors (Lipinski definition) is 3. The SMILES string of the molecule is CCCCCCCCCCCCCCCCCCCCCCCCCCCCCCC(=O)N[C@@H](CO)[C@H](O)CCCCCCCCCCCCC. The van der Waals surface area contributed by atoms with Crippen LogP contribution in [0.25, 0.3) is 0 Å². The number of aliphatic hydroxyl groups is 2. The number of amides is 1. The summed E-state index contributed by atoms with van der Waals surface area (Å²) in [7, 11) is 0. The minimum atomic E-state index is -0.652. The van der Waals surface area contributed by atoms with Crippen LogP contribution in [0, 0.1) is 0 Å². The number of rotatable bonds is 44. The van der Waals surface area contributed by atoms with Crippen molar-refractivity contribution in [3.05, 3.63) is 0 Å². The first kappa shape index (κ1) is 50.4. The summed E-state index contributed by atoms with van der Waals surface area (Å²) in [6.07, 6.45) is 53.5. The minimum absolute atomic E-state index is 0.0261. The molecule has 3 N–H and O–H groups in total. The molecule has 0 aliphatic heterocycles. The lowest BCUT2D eigenvalue weighted by molar-refractivity contribution is -0.123. The van der Waals surface area contributed by atoms with Crippen molar-refractivity contribution in [2.75, 3.05) is 6.61 Å². The van der Waals surface area contributed by atoms with E-state index in [0.717, 1.165) is 25.7 Å². The summed E-state index contributed by atoms with van der Waals surface area (Å²) in [4.78, 5) is 12.4. The van der Waals surface area contributed by atoms with E-state index in [2.05, 4.69) is 19.2 Å². The Labute approximate surface area is 321 Å². The maximum absolute atomic E-state index is 12.4. The first-order chi connectivity index (χ1) is 25.2. The van der Waals surface area contributed by atoms with Crippen molar-refractivity contribution in [3.8, 4) is 0 Å². The first-order valence-electron chi connectivity index (χ1n) is 23.7. The van der Waals surface area contributed by atoms with Crippen molar-refractivity contribution in [2.45, 2.75) is 289 Å². The molecule has 4 nitrogen and oxygen atoms in total. The molecular formula is C47H95NO3. The highest BCUT2D eigenvalue weighted by atomic mass is 16.3. The second-order valence-corrected chi connectivity index (χ2v) is 16.5. The lowest BCUT2D eigenvalue weighted by Gasteiger charge is -2.22. The van der Waals surface area contributed by atoms with Gasteiger partial charge in [0.2, 0.25) is 5.91 Å². The van der Waals surface area contributed by atoms with E-state index in [1.54, 1.807) is 0 Å². The molecule has 0 aromatic rings. The Hall–Kier alpha value is -0.610. The lowest BCUT2D eigenvalue weighted by Crippen LogP contribution is -2.45. The normalized spacial score (nSPS) is 12.8. The minimum Gasteiger partial charge on any atom is -0.394 e. The Morgan fingerprint density at radius 2 is 0.627 bits per heavy atom. The third-order valence-corrected chi connectivity index (χ3v) is 11.4. The number of aliphatic hydroxyl groups excluding tert-OH is 2. The van der Waals surface area contributed by atoms with Gasteiger partial charge in [-0.3, -0.25) is 4.79 Å². The van der Waals surface area contributed by atoms with Gasteiger partial charge in [-0.05, 0) is 12.8 Å². The summed E-state index contributed by atoms with van der Waals surface area (Å²) in [6, 6.07) is -0.528. The molecule has 0 rings (SSSR count). The van der Waals surface area contributed by atoms with Crippen molar-refractivity contribution >= 4 is 5.91 Å². The van der Waals surface area contributed by atoms with E-state index < -0.39 is 12.1 Å². The van der Waals surface area contributed by atoms with Gasteiger partial charge in [0.25, 0.3) is 0 Å². The van der Waals surface area contributed by atoms with E-state index in [1.165, 1.54) is 225 Å². The Balaban J connectivity index is 3.37. The first-order valence-corrected chi connectivity index (χ1v) is 23.7. The van der Waals surface area contributed by atoms with Crippen molar-refractivity contribution in [1.82, 2.24) is 5.32 Å². The lowest BCUT2D eigenvalue weighted by atomic mass is 10.0. The molecule has 0 unspecified atom stereocenters. The van der Waals surface area contributed by atoms with E-state index in [9.17, 15) is 15.0 Å². The molecule has 4 heteroatoms. The molecule has 0 bridgehead atoms. The van der Waals surface area contributed by atoms with E-state index in [4.69, 9.17) is 0 Å². The molecule has 0 saturated carbocycles. The van der Waals surface area contributed by atoms with Crippen molar-refractivity contribution in [3.63, 3.8) is 0 Å². The van der Waals surface area contributed by atoms with Gasteiger partial charge in [-0.15, -0.1) is 0 Å². The largest absolute Gasteiger partial charge is 0.394 e. The van der Waals surface area contributed by atoms with Crippen LogP contribution in [-0.2, 0) is 4.79 Å². The van der Waals surface area contributed by atoms with Crippen LogP contribution in [0.4, 0.5) is 0 Å². The average molecular weight is 722 g/mol. The van der Waals surface area contributed by atoms with Gasteiger partial charge >= 0.3 is 0 Å². The molecule has 306 valence electrons. The van der Waals surface area contributed by atoms with Gasteiger partial charge < -0.3 is 15.5 Å². The van der Waals surface area contributed by atoms with Gasteiger partial charge in [-0.2, -0.15) is 0 Å². The number of carbonyl (C=O) groups is 1. The molecule has 0 heterocycles. The fourth-order valence-corrected chi connectivity index (χ4v) is 7.72. The molecule has 2 atom stereocenters. The zero-order valence-electron chi connectivity index (χ0n) is 35.2. The Bertz CT molecular complexity index is 655. The highest BCUT2D eigenvalue weighted by Gasteiger charge is 2.20. The van der Waals surface area contributed by atoms with Crippen LogP contribution in [0.5, 0.6) is 0 Å². The van der Waals surface area contributed by atoms with Crippen LogP contribution < -0.4 is 5.32 Å². The van der Waals surface area contributed by atoms with Crippen molar-refractivity contribution < 1.29 is 15.0 Å². The highest BCUT2D eigenvalue weighted by molar-refractivity contribution is 5.76. The fraction of sp³-hybridized carbons (Fsp3) is 0.979. The van der Waals surface area contributed by atoms with E-state index in [0.29, 0.717) is 12.8 Å². The Kier molecular flexibility index (Phi) is 43.3. The number of hydrogen-bond acceptors (Lipinski definition) is 3. The fourth-order valence-electron chi connectivity index (χ4n) is 7.72. The van der Waals surface area contributed by atoms with Gasteiger partial charge in [0.05, 0.1) is 18.8 Å². The van der Waals surface area contributed by atoms with Crippen LogP contribution in [0.15, 0.2) is 0 Å². The monoisotopic (exact) mass is 722 g/mol. The van der Waals surface area contributed by atoms with Gasteiger partial charge in [-0.25, -0.2) is 0 Å². The molecule has 0 spiro atoms. The Morgan fingerprint density at radius 3 is 0.882 bits per heavy atom. The molecular weight excluding hydrogens is 627 g/mol. The predicted octanol–water partition coefficient (Wildman–Crippen LogP) is 14.9. The molecule has 0 aromatic carbocycles. The summed E-state index contributed by atoms with van der Waals surface area (Å²) in [5.74, 6) is -0.0261. The summed E-state index contributed by atoms with van der Waals surface area (Å²) in [5, 5.41) is 23.1. The Morgan fingerprint density at radius 1 is 0.392 bits per heavy atom. The third-order valence-electron chi connectivity index (χ3n) is 11.4. The average Bonchev–Trinajstić information content (AvgIpc) is 3.13. The number of nitrogens with one attached hydrogen (secondary N) is 1. The smallest absolute Gasteiger partial charge is 0.220 e. The van der Waals surface area contributed by atoms with Gasteiger partial charge in [0.1, 0.15) is 0 Å². The number of carbonyl (C=O) groups excluding carboxylic acids is 1. The standard InChI is InChI=1S/C47H95NO3/c1-3-5-7-9-11-13-15-16-17-18-19-20-21-22-23-24-25-26-27-28-29-30-31-33-35-37-39-41-43-47(51)48-45(44-49)46(50)42-40-38-36-34-32-14-12-10-8-6-4-2/h45-46,49-50H,3-44H2,1-2H3,(H,48,51)/t45-,46+/m0/s1. The molecule has 0 radical (unpaired) electrons. The molecule has 0 fully saturated rings. The van der Waals surface area contributed by atoms with E-state index in [-0.39, 0.29) is 12.5 Å². The summed E-state index contributed by atoms with van der Waals surface area (Å²) < 4.78 is 0. The van der Waals surface area contributed by atoms with E-state index in [1.807, 2.05) is 0 Å². The third kappa shape index (κ3) is 40.4. The second-order valence-electron chi connectivity index (χ2n) is 16.5. The quantitative estimate of drug-likeness (QED) is 0.0549. The van der Waals surface area contributed by atoms with Gasteiger partial charge in [0.15, 0.2) is 0 Å².